The molecule has 1 rings (SSSR count). The first-order chi connectivity index (χ1) is 9.28. The molecule has 120 valence electrons. The predicted octanol–water partition coefficient (Wildman–Crippen LogP) is 2.91. The fourth-order valence-corrected chi connectivity index (χ4v) is 1.42. The maximum atomic E-state index is 13.6. The molecule has 2 N–H and O–H groups in total. The molecule has 0 aromatic heterocycles. The van der Waals surface area contributed by atoms with Crippen LogP contribution in [-0.2, 0) is 9.53 Å². The van der Waals surface area contributed by atoms with Gasteiger partial charge in [-0.25, -0.2) is 4.79 Å². The van der Waals surface area contributed by atoms with Crippen LogP contribution in [0.15, 0.2) is 24.3 Å². The lowest BCUT2D eigenvalue weighted by molar-refractivity contribution is -0.174. The van der Waals surface area contributed by atoms with E-state index in [2.05, 4.69) is 9.47 Å². The summed E-state index contributed by atoms with van der Waals surface area (Å²) in [4.78, 5) is 11.1. The minimum absolute atomic E-state index is 0. The van der Waals surface area contributed by atoms with Crippen molar-refractivity contribution in [2.75, 3.05) is 6.61 Å². The van der Waals surface area contributed by atoms with Gasteiger partial charge in [-0.05, 0) is 24.6 Å². The van der Waals surface area contributed by atoms with E-state index in [-0.39, 0.29) is 30.3 Å². The summed E-state index contributed by atoms with van der Waals surface area (Å²) >= 11 is 0. The van der Waals surface area contributed by atoms with Crippen molar-refractivity contribution in [3.05, 3.63) is 29.8 Å². The number of halogens is 5. The van der Waals surface area contributed by atoms with Crippen LogP contribution in [0.4, 0.5) is 17.6 Å². The number of carbonyl (C=O) groups excluding carboxylic acids is 1. The van der Waals surface area contributed by atoms with Gasteiger partial charge in [0, 0.05) is 0 Å². The third-order valence-corrected chi connectivity index (χ3v) is 2.40. The van der Waals surface area contributed by atoms with Gasteiger partial charge in [0.05, 0.1) is 6.61 Å². The second-order valence-corrected chi connectivity index (χ2v) is 3.77. The molecule has 0 aliphatic heterocycles. The molecule has 0 bridgehead atoms. The highest BCUT2D eigenvalue weighted by molar-refractivity contribution is 5.85. The number of hydrogen-bond donors (Lipinski definition) is 1. The average molecular weight is 332 g/mol. The van der Waals surface area contributed by atoms with Gasteiger partial charge in [-0.1, -0.05) is 12.1 Å². The summed E-state index contributed by atoms with van der Waals surface area (Å²) in [7, 11) is 0. The Morgan fingerprint density at radius 1 is 1.29 bits per heavy atom. The van der Waals surface area contributed by atoms with E-state index in [4.69, 9.17) is 5.73 Å². The summed E-state index contributed by atoms with van der Waals surface area (Å²) in [6.07, 6.45) is 0. The second kappa shape index (κ2) is 8.04. The molecule has 0 fully saturated rings. The van der Waals surface area contributed by atoms with Crippen LogP contribution in [0.1, 0.15) is 18.5 Å². The van der Waals surface area contributed by atoms with Crippen LogP contribution in [0.2, 0.25) is 0 Å². The summed E-state index contributed by atoms with van der Waals surface area (Å²) < 4.78 is 59.4. The van der Waals surface area contributed by atoms with E-state index in [1.54, 1.807) is 0 Å². The van der Waals surface area contributed by atoms with Gasteiger partial charge in [-0.15, -0.1) is 12.4 Å². The molecule has 9 heteroatoms. The van der Waals surface area contributed by atoms with Gasteiger partial charge in [-0.3, -0.25) is 0 Å². The zero-order valence-corrected chi connectivity index (χ0v) is 11.7. The number of nitrogens with two attached hydrogens (primary N) is 1. The quantitative estimate of drug-likeness (QED) is 0.643. The first-order valence-corrected chi connectivity index (χ1v) is 5.64. The standard InChI is InChI=1S/C12H13F4NO3.ClH/c1-2-19-10(18)12(15,16)9(17)7-3-5-8(6-4-7)20-11(13)14;/h3-6,9,11H,2,17H2,1H3;1H/t9-;/m1./s1. The largest absolute Gasteiger partial charge is 0.462 e. The molecule has 1 aromatic rings. The van der Waals surface area contributed by atoms with Crippen LogP contribution in [0.3, 0.4) is 0 Å². The lowest BCUT2D eigenvalue weighted by Gasteiger charge is -2.22. The normalized spacial score (nSPS) is 12.5. The molecule has 4 nitrogen and oxygen atoms in total. The Bertz CT molecular complexity index is 456. The van der Waals surface area contributed by atoms with E-state index >= 15 is 0 Å². The fourth-order valence-electron chi connectivity index (χ4n) is 1.42. The average Bonchev–Trinajstić information content (AvgIpc) is 2.38. The van der Waals surface area contributed by atoms with E-state index in [0.29, 0.717) is 0 Å². The maximum absolute atomic E-state index is 13.6. The van der Waals surface area contributed by atoms with E-state index in [1.165, 1.54) is 6.92 Å². The summed E-state index contributed by atoms with van der Waals surface area (Å²) in [6, 6.07) is 2.33. The van der Waals surface area contributed by atoms with Crippen molar-refractivity contribution >= 4 is 18.4 Å². The number of alkyl halides is 4. The molecule has 0 radical (unpaired) electrons. The van der Waals surface area contributed by atoms with Gasteiger partial charge in [0.25, 0.3) is 0 Å². The molecule has 0 spiro atoms. The summed E-state index contributed by atoms with van der Waals surface area (Å²) in [5.74, 6) is -5.85. The van der Waals surface area contributed by atoms with Crippen LogP contribution in [0, 0.1) is 0 Å². The monoisotopic (exact) mass is 331 g/mol. The van der Waals surface area contributed by atoms with Crippen molar-refractivity contribution in [1.82, 2.24) is 0 Å². The van der Waals surface area contributed by atoms with Crippen LogP contribution in [-0.4, -0.2) is 25.1 Å². The first-order valence-electron chi connectivity index (χ1n) is 5.64. The van der Waals surface area contributed by atoms with E-state index in [0.717, 1.165) is 24.3 Å². The van der Waals surface area contributed by atoms with Crippen molar-refractivity contribution in [2.45, 2.75) is 25.5 Å². The van der Waals surface area contributed by atoms with Crippen LogP contribution in [0.25, 0.3) is 0 Å². The molecule has 21 heavy (non-hydrogen) atoms. The minimum Gasteiger partial charge on any atom is -0.462 e. The van der Waals surface area contributed by atoms with Gasteiger partial charge in [0.15, 0.2) is 0 Å². The Labute approximate surface area is 124 Å². The highest BCUT2D eigenvalue weighted by Gasteiger charge is 2.47. The van der Waals surface area contributed by atoms with Gasteiger partial charge < -0.3 is 15.2 Å². The zero-order chi connectivity index (χ0) is 15.3. The lowest BCUT2D eigenvalue weighted by Crippen LogP contribution is -2.41. The van der Waals surface area contributed by atoms with Gasteiger partial charge in [0.1, 0.15) is 11.8 Å². The number of ether oxygens (including phenoxy) is 2. The minimum atomic E-state index is -3.92. The van der Waals surface area contributed by atoms with Crippen molar-refractivity contribution in [2.24, 2.45) is 5.73 Å². The molecule has 0 aliphatic rings. The number of esters is 1. The predicted molar refractivity (Wildman–Crippen MR) is 68.8 cm³/mol. The number of rotatable bonds is 6. The van der Waals surface area contributed by atoms with Crippen molar-refractivity contribution in [1.29, 1.82) is 0 Å². The van der Waals surface area contributed by atoms with E-state index < -0.39 is 24.5 Å². The smallest absolute Gasteiger partial charge is 0.387 e. The molecular formula is C12H14ClF4NO3. The summed E-state index contributed by atoms with van der Waals surface area (Å²) in [6.45, 7) is -1.84. The van der Waals surface area contributed by atoms with Crippen molar-refractivity contribution < 1.29 is 31.8 Å². The van der Waals surface area contributed by atoms with E-state index in [1.807, 2.05) is 0 Å². The molecule has 0 amide bonds. The third kappa shape index (κ3) is 5.05. The Morgan fingerprint density at radius 3 is 2.24 bits per heavy atom. The first kappa shape index (κ1) is 19.5. The number of hydrogen-bond acceptors (Lipinski definition) is 4. The Kier molecular flexibility index (Phi) is 7.45. The fraction of sp³-hybridized carbons (Fsp3) is 0.417. The molecular weight excluding hydrogens is 318 g/mol. The highest BCUT2D eigenvalue weighted by atomic mass is 35.5. The highest BCUT2D eigenvalue weighted by Crippen LogP contribution is 2.31. The Hall–Kier alpha value is -1.54. The molecule has 1 atom stereocenters. The topological polar surface area (TPSA) is 61.5 Å². The van der Waals surface area contributed by atoms with Crippen LogP contribution in [0.5, 0.6) is 5.75 Å². The Balaban J connectivity index is 0.00000400. The molecule has 0 heterocycles. The van der Waals surface area contributed by atoms with Crippen LogP contribution < -0.4 is 10.5 Å². The van der Waals surface area contributed by atoms with Gasteiger partial charge in [-0.2, -0.15) is 17.6 Å². The Morgan fingerprint density at radius 2 is 1.81 bits per heavy atom. The van der Waals surface area contributed by atoms with Gasteiger partial charge in [0.2, 0.25) is 0 Å². The summed E-state index contributed by atoms with van der Waals surface area (Å²) in [5, 5.41) is 0. The number of carbonyl (C=O) groups is 1. The molecule has 1 aromatic carbocycles. The zero-order valence-electron chi connectivity index (χ0n) is 10.9. The van der Waals surface area contributed by atoms with Crippen LogP contribution >= 0.6 is 12.4 Å². The summed E-state index contributed by atoms with van der Waals surface area (Å²) in [5.41, 5.74) is 5.21. The number of benzene rings is 1. The van der Waals surface area contributed by atoms with Crippen molar-refractivity contribution in [3.8, 4) is 5.75 Å². The molecule has 0 unspecified atom stereocenters. The SMILES string of the molecule is CCOC(=O)C(F)(F)[C@H](N)c1ccc(OC(F)F)cc1.Cl. The van der Waals surface area contributed by atoms with E-state index in [9.17, 15) is 22.4 Å². The van der Waals surface area contributed by atoms with Crippen molar-refractivity contribution in [3.63, 3.8) is 0 Å². The third-order valence-electron chi connectivity index (χ3n) is 2.40. The molecule has 0 aliphatic carbocycles. The second-order valence-electron chi connectivity index (χ2n) is 3.77. The lowest BCUT2D eigenvalue weighted by atomic mass is 10.0. The maximum Gasteiger partial charge on any atom is 0.387 e. The molecule has 0 saturated carbocycles. The van der Waals surface area contributed by atoms with Gasteiger partial charge >= 0.3 is 18.5 Å². The molecule has 0 saturated heterocycles.